The Hall–Kier alpha value is -0.650. The Morgan fingerprint density at radius 1 is 0.739 bits per heavy atom. The van der Waals surface area contributed by atoms with Crippen LogP contribution in [0, 0.1) is 0 Å². The number of carboxylic acid groups (broad SMARTS) is 1. The second-order valence-corrected chi connectivity index (χ2v) is 6.53. The molecule has 4 N–H and O–H groups in total. The van der Waals surface area contributed by atoms with Crippen molar-refractivity contribution in [3.8, 4) is 0 Å². The Morgan fingerprint density at radius 2 is 1.17 bits per heavy atom. The fourth-order valence-corrected chi connectivity index (χ4v) is 2.72. The van der Waals surface area contributed by atoms with E-state index in [4.69, 9.17) is 5.11 Å². The van der Waals surface area contributed by atoms with Crippen molar-refractivity contribution >= 4 is 5.97 Å². The average molecular weight is 332 g/mol. The number of hydrogen-bond acceptors (Lipinski definition) is 4. The lowest BCUT2D eigenvalue weighted by Crippen LogP contribution is -2.37. The van der Waals surface area contributed by atoms with Gasteiger partial charge in [0.15, 0.2) is 0 Å². The fraction of sp³-hybridized carbons (Fsp3) is 0.944. The second-order valence-electron chi connectivity index (χ2n) is 6.53. The minimum absolute atomic E-state index is 0.255. The third-order valence-electron chi connectivity index (χ3n) is 4.28. The van der Waals surface area contributed by atoms with Gasteiger partial charge in [-0.25, -0.2) is 0 Å². The quantitative estimate of drug-likeness (QED) is 0.325. The van der Waals surface area contributed by atoms with Gasteiger partial charge in [0, 0.05) is 6.42 Å². The minimum Gasteiger partial charge on any atom is -0.481 e. The summed E-state index contributed by atoms with van der Waals surface area (Å²) in [6.07, 6.45) is 8.32. The van der Waals surface area contributed by atoms with E-state index in [9.17, 15) is 20.1 Å². The maximum absolute atomic E-state index is 10.4. The molecule has 0 unspecified atom stereocenters. The average Bonchev–Trinajstić information content (AvgIpc) is 2.52. The zero-order chi connectivity index (χ0) is 17.5. The molecule has 0 saturated carbocycles. The van der Waals surface area contributed by atoms with Gasteiger partial charge < -0.3 is 20.4 Å². The van der Waals surface area contributed by atoms with E-state index in [-0.39, 0.29) is 6.42 Å². The van der Waals surface area contributed by atoms with E-state index in [1.165, 1.54) is 0 Å². The third kappa shape index (κ3) is 13.5. The van der Waals surface area contributed by atoms with E-state index >= 15 is 0 Å². The molecule has 0 rings (SSSR count). The lowest BCUT2D eigenvalue weighted by Gasteiger charge is -2.23. The predicted molar refractivity (Wildman–Crippen MR) is 91.4 cm³/mol. The highest BCUT2D eigenvalue weighted by atomic mass is 16.4. The summed E-state index contributed by atoms with van der Waals surface area (Å²) in [7, 11) is 0. The SMILES string of the molecule is CCCCC[C@H](O)[C@H](O)[C@@H](O)CCCCCCCCCC(=O)O. The zero-order valence-electron chi connectivity index (χ0n) is 14.6. The van der Waals surface area contributed by atoms with Crippen molar-refractivity contribution in [3.05, 3.63) is 0 Å². The number of carboxylic acids is 1. The minimum atomic E-state index is -1.04. The normalized spacial score (nSPS) is 15.3. The number of aliphatic hydroxyl groups excluding tert-OH is 3. The maximum atomic E-state index is 10.4. The molecular formula is C18H36O5. The highest BCUT2D eigenvalue weighted by Crippen LogP contribution is 2.15. The first-order chi connectivity index (χ1) is 11.0. The van der Waals surface area contributed by atoms with Gasteiger partial charge in [-0.15, -0.1) is 0 Å². The van der Waals surface area contributed by atoms with Crippen LogP contribution in [0.25, 0.3) is 0 Å². The van der Waals surface area contributed by atoms with Crippen molar-refractivity contribution in [2.24, 2.45) is 0 Å². The second kappa shape index (κ2) is 14.9. The van der Waals surface area contributed by atoms with Crippen LogP contribution >= 0.6 is 0 Å². The molecule has 0 aliphatic rings. The highest BCUT2D eigenvalue weighted by Gasteiger charge is 2.23. The molecule has 0 aliphatic heterocycles. The molecule has 3 atom stereocenters. The van der Waals surface area contributed by atoms with Crippen LogP contribution in [0.3, 0.4) is 0 Å². The van der Waals surface area contributed by atoms with Crippen LogP contribution in [0.5, 0.6) is 0 Å². The van der Waals surface area contributed by atoms with Crippen molar-refractivity contribution in [1.82, 2.24) is 0 Å². The van der Waals surface area contributed by atoms with Crippen LogP contribution in [-0.4, -0.2) is 44.7 Å². The van der Waals surface area contributed by atoms with Crippen LogP contribution in [0.4, 0.5) is 0 Å². The van der Waals surface area contributed by atoms with Crippen LogP contribution < -0.4 is 0 Å². The summed E-state index contributed by atoms with van der Waals surface area (Å²) in [6.45, 7) is 2.09. The summed E-state index contributed by atoms with van der Waals surface area (Å²) < 4.78 is 0. The molecule has 0 radical (unpaired) electrons. The van der Waals surface area contributed by atoms with E-state index in [2.05, 4.69) is 6.92 Å². The lowest BCUT2D eigenvalue weighted by atomic mass is 9.98. The highest BCUT2D eigenvalue weighted by molar-refractivity contribution is 5.66. The van der Waals surface area contributed by atoms with Gasteiger partial charge >= 0.3 is 5.97 Å². The molecule has 0 aliphatic carbocycles. The zero-order valence-corrected chi connectivity index (χ0v) is 14.6. The Bertz CT molecular complexity index is 283. The van der Waals surface area contributed by atoms with Crippen molar-refractivity contribution in [2.45, 2.75) is 109 Å². The van der Waals surface area contributed by atoms with E-state index < -0.39 is 24.3 Å². The van der Waals surface area contributed by atoms with Crippen LogP contribution in [0.15, 0.2) is 0 Å². The van der Waals surface area contributed by atoms with Crippen LogP contribution in [0.1, 0.15) is 90.4 Å². The lowest BCUT2D eigenvalue weighted by molar-refractivity contribution is -0.137. The smallest absolute Gasteiger partial charge is 0.303 e. The molecule has 0 heterocycles. The molecule has 5 heteroatoms. The maximum Gasteiger partial charge on any atom is 0.303 e. The summed E-state index contributed by atoms with van der Waals surface area (Å²) in [5.41, 5.74) is 0. The van der Waals surface area contributed by atoms with Crippen LogP contribution in [-0.2, 0) is 4.79 Å². The molecule has 0 aromatic rings. The van der Waals surface area contributed by atoms with Crippen LogP contribution in [0.2, 0.25) is 0 Å². The Kier molecular flexibility index (Phi) is 14.5. The van der Waals surface area contributed by atoms with Crippen molar-refractivity contribution in [2.75, 3.05) is 0 Å². The van der Waals surface area contributed by atoms with Crippen molar-refractivity contribution in [3.63, 3.8) is 0 Å². The van der Waals surface area contributed by atoms with E-state index in [0.29, 0.717) is 12.8 Å². The van der Waals surface area contributed by atoms with Gasteiger partial charge in [-0.05, 0) is 19.3 Å². The fourth-order valence-electron chi connectivity index (χ4n) is 2.72. The summed E-state index contributed by atoms with van der Waals surface area (Å²) in [6, 6.07) is 0. The van der Waals surface area contributed by atoms with Gasteiger partial charge in [0.05, 0.1) is 12.2 Å². The molecular weight excluding hydrogens is 296 g/mol. The molecule has 0 saturated heterocycles. The summed E-state index contributed by atoms with van der Waals surface area (Å²) >= 11 is 0. The molecule has 0 aromatic heterocycles. The van der Waals surface area contributed by atoms with Gasteiger partial charge in [0.25, 0.3) is 0 Å². The molecule has 0 fully saturated rings. The molecule has 0 spiro atoms. The van der Waals surface area contributed by atoms with Gasteiger partial charge in [-0.3, -0.25) is 4.79 Å². The van der Waals surface area contributed by atoms with E-state index in [1.807, 2.05) is 0 Å². The predicted octanol–water partition coefficient (Wildman–Crippen LogP) is 3.24. The molecule has 23 heavy (non-hydrogen) atoms. The molecule has 0 amide bonds. The van der Waals surface area contributed by atoms with Crippen molar-refractivity contribution < 1.29 is 25.2 Å². The van der Waals surface area contributed by atoms with Gasteiger partial charge in [-0.1, -0.05) is 64.7 Å². The van der Waals surface area contributed by atoms with Gasteiger partial charge in [-0.2, -0.15) is 0 Å². The topological polar surface area (TPSA) is 98.0 Å². The van der Waals surface area contributed by atoms with Crippen molar-refractivity contribution in [1.29, 1.82) is 0 Å². The van der Waals surface area contributed by atoms with Gasteiger partial charge in [0.2, 0.25) is 0 Å². The summed E-state index contributed by atoms with van der Waals surface area (Å²) in [5, 5.41) is 38.1. The standard InChI is InChI=1S/C18H36O5/c1-2-3-9-12-15(19)18(23)16(20)13-10-7-5-4-6-8-11-14-17(21)22/h15-16,18-20,23H,2-14H2,1H3,(H,21,22)/t15-,16-,18-/m0/s1. The Labute approximate surface area is 140 Å². The largest absolute Gasteiger partial charge is 0.481 e. The number of hydrogen-bond donors (Lipinski definition) is 4. The number of unbranched alkanes of at least 4 members (excludes halogenated alkanes) is 8. The first-order valence-corrected chi connectivity index (χ1v) is 9.25. The number of aliphatic carboxylic acids is 1. The Morgan fingerprint density at radius 3 is 1.65 bits per heavy atom. The summed E-state index contributed by atoms with van der Waals surface area (Å²) in [5.74, 6) is -0.727. The molecule has 5 nitrogen and oxygen atoms in total. The number of carbonyl (C=O) groups is 1. The van der Waals surface area contributed by atoms with E-state index in [1.54, 1.807) is 0 Å². The monoisotopic (exact) mass is 332 g/mol. The Balaban J connectivity index is 3.50. The molecule has 0 bridgehead atoms. The number of rotatable bonds is 16. The first kappa shape index (κ1) is 22.4. The number of aliphatic hydroxyl groups is 3. The first-order valence-electron chi connectivity index (χ1n) is 9.25. The van der Waals surface area contributed by atoms with Gasteiger partial charge in [0.1, 0.15) is 6.10 Å². The molecule has 138 valence electrons. The van der Waals surface area contributed by atoms with E-state index in [0.717, 1.165) is 64.2 Å². The third-order valence-corrected chi connectivity index (χ3v) is 4.28. The molecule has 0 aromatic carbocycles. The summed E-state index contributed by atoms with van der Waals surface area (Å²) in [4.78, 5) is 10.4.